The Morgan fingerprint density at radius 3 is 2.73 bits per heavy atom. The van der Waals surface area contributed by atoms with Crippen LogP contribution in [0.1, 0.15) is 5.56 Å². The minimum atomic E-state index is 0.440. The Balaban J connectivity index is 1.51. The van der Waals surface area contributed by atoms with E-state index in [2.05, 4.69) is 35.8 Å². The second-order valence-electron chi connectivity index (χ2n) is 7.20. The zero-order valence-corrected chi connectivity index (χ0v) is 17.6. The number of hydrogen-bond donors (Lipinski definition) is 1. The topological polar surface area (TPSA) is 83.5 Å². The predicted octanol–water partition coefficient (Wildman–Crippen LogP) is 2.87. The third-order valence-corrected chi connectivity index (χ3v) is 5.41. The number of nitrogens with two attached hydrogens (primary N) is 1. The van der Waals surface area contributed by atoms with Crippen LogP contribution in [0.5, 0.6) is 0 Å². The van der Waals surface area contributed by atoms with Crippen molar-refractivity contribution in [2.24, 2.45) is 10.7 Å². The van der Waals surface area contributed by atoms with Gasteiger partial charge >= 0.3 is 0 Å². The average molecular weight is 422 g/mol. The molecule has 1 aliphatic rings. The zero-order valence-electron chi connectivity index (χ0n) is 16.9. The highest BCUT2D eigenvalue weighted by molar-refractivity contribution is 6.29. The molecule has 0 atom stereocenters. The maximum absolute atomic E-state index is 6.54. The average Bonchev–Trinajstić information content (AvgIpc) is 2.78. The van der Waals surface area contributed by atoms with Crippen LogP contribution >= 0.6 is 11.6 Å². The quantitative estimate of drug-likeness (QED) is 0.503. The van der Waals surface area contributed by atoms with Crippen molar-refractivity contribution in [1.82, 2.24) is 19.9 Å². The van der Waals surface area contributed by atoms with Crippen molar-refractivity contribution < 1.29 is 0 Å². The summed E-state index contributed by atoms with van der Waals surface area (Å²) in [7, 11) is 1.74. The summed E-state index contributed by atoms with van der Waals surface area (Å²) in [5.41, 5.74) is 11.7. The molecule has 2 N–H and O–H groups in total. The molecular weight excluding hydrogens is 398 g/mol. The monoisotopic (exact) mass is 421 g/mol. The van der Waals surface area contributed by atoms with Crippen LogP contribution in [-0.4, -0.2) is 65.8 Å². The van der Waals surface area contributed by atoms with Gasteiger partial charge in [-0.05, 0) is 30.3 Å². The summed E-state index contributed by atoms with van der Waals surface area (Å²) in [5, 5.41) is 0.440. The van der Waals surface area contributed by atoms with Gasteiger partial charge in [-0.3, -0.25) is 19.9 Å². The fourth-order valence-electron chi connectivity index (χ4n) is 3.63. The summed E-state index contributed by atoms with van der Waals surface area (Å²) >= 11 is 6.04. The van der Waals surface area contributed by atoms with Crippen LogP contribution in [0, 0.1) is 0 Å². The molecule has 1 saturated heterocycles. The summed E-state index contributed by atoms with van der Waals surface area (Å²) in [4.78, 5) is 22.0. The third-order valence-electron chi connectivity index (χ3n) is 5.20. The number of aliphatic imine (C=N–C) groups is 1. The number of aromatic nitrogens is 3. The predicted molar refractivity (Wildman–Crippen MR) is 123 cm³/mol. The fourth-order valence-corrected chi connectivity index (χ4v) is 3.79. The minimum Gasteiger partial charge on any atom is -0.400 e. The molecule has 1 aliphatic heterocycles. The van der Waals surface area contributed by atoms with Crippen molar-refractivity contribution in [1.29, 1.82) is 0 Å². The van der Waals surface area contributed by atoms with Crippen molar-refractivity contribution in [2.45, 2.75) is 0 Å². The first kappa shape index (κ1) is 20.3. The SMILES string of the molecule is CN=CC(=C(N)CN1CCN(c2cccnc2)CC1)c1cnc2ccc(Cl)nc2c1. The maximum Gasteiger partial charge on any atom is 0.129 e. The fraction of sp³-hybridized carbons (Fsp3) is 0.273. The van der Waals surface area contributed by atoms with Gasteiger partial charge in [-0.1, -0.05) is 11.6 Å². The first-order valence-electron chi connectivity index (χ1n) is 9.85. The molecule has 0 spiro atoms. The van der Waals surface area contributed by atoms with E-state index >= 15 is 0 Å². The van der Waals surface area contributed by atoms with E-state index in [0.717, 1.165) is 59.7 Å². The smallest absolute Gasteiger partial charge is 0.129 e. The number of nitrogens with zero attached hydrogens (tertiary/aromatic N) is 6. The number of hydrogen-bond acceptors (Lipinski definition) is 7. The van der Waals surface area contributed by atoms with Crippen molar-refractivity contribution >= 4 is 40.1 Å². The first-order chi connectivity index (χ1) is 14.6. The Bertz CT molecular complexity index is 1070. The molecule has 8 heteroatoms. The van der Waals surface area contributed by atoms with E-state index in [-0.39, 0.29) is 0 Å². The molecule has 4 heterocycles. The van der Waals surface area contributed by atoms with Crippen molar-refractivity contribution in [3.63, 3.8) is 0 Å². The van der Waals surface area contributed by atoms with Gasteiger partial charge in [-0.2, -0.15) is 0 Å². The number of pyridine rings is 3. The molecular formula is C22H24ClN7. The highest BCUT2D eigenvalue weighted by Crippen LogP contribution is 2.21. The summed E-state index contributed by atoms with van der Waals surface area (Å²) in [6.07, 6.45) is 7.30. The highest BCUT2D eigenvalue weighted by atomic mass is 35.5. The van der Waals surface area contributed by atoms with E-state index < -0.39 is 0 Å². The normalized spacial score (nSPS) is 16.3. The van der Waals surface area contributed by atoms with E-state index in [1.165, 1.54) is 0 Å². The molecule has 4 rings (SSSR count). The lowest BCUT2D eigenvalue weighted by atomic mass is 10.1. The van der Waals surface area contributed by atoms with Crippen molar-refractivity contribution in [3.05, 3.63) is 65.3 Å². The lowest BCUT2D eigenvalue weighted by Crippen LogP contribution is -2.47. The third kappa shape index (κ3) is 4.58. The van der Waals surface area contributed by atoms with Crippen LogP contribution in [0.4, 0.5) is 5.69 Å². The van der Waals surface area contributed by atoms with Crippen LogP contribution in [0.3, 0.4) is 0 Å². The largest absolute Gasteiger partial charge is 0.400 e. The van der Waals surface area contributed by atoms with Gasteiger partial charge in [0.1, 0.15) is 5.15 Å². The lowest BCUT2D eigenvalue weighted by molar-refractivity contribution is 0.278. The molecule has 0 unspecified atom stereocenters. The Hall–Kier alpha value is -3.03. The van der Waals surface area contributed by atoms with Crippen molar-refractivity contribution in [2.75, 3.05) is 44.7 Å². The number of piperazine rings is 1. The molecule has 7 nitrogen and oxygen atoms in total. The maximum atomic E-state index is 6.54. The summed E-state index contributed by atoms with van der Waals surface area (Å²) in [5.74, 6) is 0. The first-order valence-corrected chi connectivity index (χ1v) is 10.2. The van der Waals surface area contributed by atoms with Gasteiger partial charge in [0.05, 0.1) is 22.9 Å². The van der Waals surface area contributed by atoms with Crippen LogP contribution < -0.4 is 10.6 Å². The van der Waals surface area contributed by atoms with Gasteiger partial charge in [0.2, 0.25) is 0 Å². The lowest BCUT2D eigenvalue weighted by Gasteiger charge is -2.36. The van der Waals surface area contributed by atoms with Gasteiger partial charge in [-0.15, -0.1) is 0 Å². The number of rotatable bonds is 5. The van der Waals surface area contributed by atoms with Gasteiger partial charge < -0.3 is 10.6 Å². The molecule has 0 amide bonds. The minimum absolute atomic E-state index is 0.440. The summed E-state index contributed by atoms with van der Waals surface area (Å²) in [6, 6.07) is 9.62. The van der Waals surface area contributed by atoms with Crippen LogP contribution in [-0.2, 0) is 0 Å². The number of anilines is 1. The molecule has 0 aliphatic carbocycles. The second kappa shape index (κ2) is 9.19. The molecule has 0 bridgehead atoms. The van der Waals surface area contributed by atoms with Crippen LogP contribution in [0.2, 0.25) is 5.15 Å². The Morgan fingerprint density at radius 2 is 2.00 bits per heavy atom. The standard InChI is InChI=1S/C22H24ClN7/c1-25-14-18(16-11-21-20(27-12-16)4-5-22(23)28-21)19(24)15-29-7-9-30(10-8-29)17-3-2-6-26-13-17/h2-6,11-14H,7-10,15,24H2,1H3. The number of allylic oxidation sites excluding steroid dienone is 1. The molecule has 30 heavy (non-hydrogen) atoms. The Kier molecular flexibility index (Phi) is 6.21. The van der Waals surface area contributed by atoms with E-state index in [1.807, 2.05) is 30.6 Å². The van der Waals surface area contributed by atoms with E-state index in [9.17, 15) is 0 Å². The molecule has 3 aromatic rings. The molecule has 0 radical (unpaired) electrons. The summed E-state index contributed by atoms with van der Waals surface area (Å²) in [6.45, 7) is 4.41. The van der Waals surface area contributed by atoms with E-state index in [1.54, 1.807) is 25.5 Å². The van der Waals surface area contributed by atoms with Crippen LogP contribution in [0.15, 0.2) is 59.6 Å². The van der Waals surface area contributed by atoms with Crippen LogP contribution in [0.25, 0.3) is 16.6 Å². The molecule has 154 valence electrons. The van der Waals surface area contributed by atoms with Crippen molar-refractivity contribution in [3.8, 4) is 0 Å². The molecule has 0 saturated carbocycles. The summed E-state index contributed by atoms with van der Waals surface area (Å²) < 4.78 is 0. The van der Waals surface area contributed by atoms with E-state index in [0.29, 0.717) is 11.7 Å². The highest BCUT2D eigenvalue weighted by Gasteiger charge is 2.19. The second-order valence-corrected chi connectivity index (χ2v) is 7.58. The molecule has 0 aromatic carbocycles. The number of fused-ring (bicyclic) bond motifs is 1. The van der Waals surface area contributed by atoms with Gasteiger partial charge in [0.25, 0.3) is 0 Å². The van der Waals surface area contributed by atoms with Gasteiger partial charge in [-0.25, -0.2) is 4.98 Å². The van der Waals surface area contributed by atoms with Gasteiger partial charge in [0.15, 0.2) is 0 Å². The van der Waals surface area contributed by atoms with Gasteiger partial charge in [0, 0.05) is 75.2 Å². The molecule has 3 aromatic heterocycles. The van der Waals surface area contributed by atoms with E-state index in [4.69, 9.17) is 17.3 Å². The zero-order chi connectivity index (χ0) is 20.9. The molecule has 1 fully saturated rings. The Labute approximate surface area is 180 Å². The Morgan fingerprint density at radius 1 is 1.17 bits per heavy atom. The number of halogens is 1.